The van der Waals surface area contributed by atoms with Crippen molar-refractivity contribution in [3.05, 3.63) is 0 Å². The van der Waals surface area contributed by atoms with Gasteiger partial charge in [-0.05, 0) is 73.0 Å². The SMILES string of the molecule is C.CC(C)C1C(O)CC12CCC2.CC(C)C1CC2(CCC2)C1O. The molecule has 4 aliphatic rings. The first-order valence-electron chi connectivity index (χ1n) is 9.67. The molecular weight excluding hydrogens is 284 g/mol. The maximum atomic E-state index is 9.85. The average Bonchev–Trinajstić information content (AvgIpc) is 2.29. The molecule has 0 aromatic carbocycles. The number of hydrogen-bond donors (Lipinski definition) is 2. The van der Waals surface area contributed by atoms with Crippen LogP contribution in [0.1, 0.15) is 86.5 Å². The van der Waals surface area contributed by atoms with Crippen LogP contribution in [0.2, 0.25) is 0 Å². The van der Waals surface area contributed by atoms with E-state index >= 15 is 0 Å². The first-order chi connectivity index (χ1) is 10.3. The van der Waals surface area contributed by atoms with Crippen molar-refractivity contribution in [2.45, 2.75) is 98.7 Å². The number of aliphatic hydroxyl groups excluding tert-OH is 2. The van der Waals surface area contributed by atoms with E-state index in [0.717, 1.165) is 6.42 Å². The van der Waals surface area contributed by atoms with E-state index in [0.29, 0.717) is 34.5 Å². The molecule has 0 radical (unpaired) electrons. The molecule has 4 rings (SSSR count). The largest absolute Gasteiger partial charge is 0.393 e. The van der Waals surface area contributed by atoms with E-state index in [1.807, 2.05) is 0 Å². The van der Waals surface area contributed by atoms with Crippen LogP contribution in [-0.2, 0) is 0 Å². The highest BCUT2D eigenvalue weighted by atomic mass is 16.3. The van der Waals surface area contributed by atoms with Crippen molar-refractivity contribution in [3.63, 3.8) is 0 Å². The fourth-order valence-electron chi connectivity index (χ4n) is 5.97. The van der Waals surface area contributed by atoms with E-state index in [4.69, 9.17) is 0 Å². The zero-order valence-electron chi connectivity index (χ0n) is 15.0. The lowest BCUT2D eigenvalue weighted by Gasteiger charge is -2.60. The van der Waals surface area contributed by atoms with Gasteiger partial charge in [0.25, 0.3) is 0 Å². The van der Waals surface area contributed by atoms with Crippen molar-refractivity contribution >= 4 is 0 Å². The molecule has 0 aromatic heterocycles. The Hall–Kier alpha value is -0.0800. The minimum absolute atomic E-state index is 0. The lowest BCUT2D eigenvalue weighted by atomic mass is 9.46. The molecule has 2 nitrogen and oxygen atoms in total. The Morgan fingerprint density at radius 2 is 1.30 bits per heavy atom. The first-order valence-corrected chi connectivity index (χ1v) is 9.67. The lowest BCUT2D eigenvalue weighted by Crippen LogP contribution is -2.57. The number of rotatable bonds is 2. The van der Waals surface area contributed by atoms with Crippen molar-refractivity contribution in [1.29, 1.82) is 0 Å². The van der Waals surface area contributed by atoms with Crippen LogP contribution in [0.4, 0.5) is 0 Å². The van der Waals surface area contributed by atoms with Crippen molar-refractivity contribution in [3.8, 4) is 0 Å². The van der Waals surface area contributed by atoms with Gasteiger partial charge in [-0.25, -0.2) is 0 Å². The van der Waals surface area contributed by atoms with E-state index < -0.39 is 0 Å². The summed E-state index contributed by atoms with van der Waals surface area (Å²) in [5, 5.41) is 19.4. The third-order valence-corrected chi connectivity index (χ3v) is 7.69. The molecule has 4 fully saturated rings. The second-order valence-corrected chi connectivity index (χ2v) is 9.53. The van der Waals surface area contributed by atoms with E-state index in [1.54, 1.807) is 0 Å². The predicted molar refractivity (Wildman–Crippen MR) is 97.2 cm³/mol. The quantitative estimate of drug-likeness (QED) is 0.748. The molecule has 0 heterocycles. The summed E-state index contributed by atoms with van der Waals surface area (Å²) in [5.41, 5.74) is 1.02. The average molecular weight is 325 g/mol. The molecule has 0 bridgehead atoms. The highest BCUT2D eigenvalue weighted by molar-refractivity contribution is 5.07. The first kappa shape index (κ1) is 19.2. The van der Waals surface area contributed by atoms with Gasteiger partial charge in [0, 0.05) is 0 Å². The Labute approximate surface area is 144 Å². The van der Waals surface area contributed by atoms with Crippen molar-refractivity contribution in [1.82, 2.24) is 0 Å². The maximum absolute atomic E-state index is 9.85. The van der Waals surface area contributed by atoms with Crippen molar-refractivity contribution < 1.29 is 10.2 Å². The van der Waals surface area contributed by atoms with Crippen molar-refractivity contribution in [2.75, 3.05) is 0 Å². The molecule has 2 spiro atoms. The highest BCUT2D eigenvalue weighted by Gasteiger charge is 2.57. The van der Waals surface area contributed by atoms with E-state index in [-0.39, 0.29) is 19.6 Å². The van der Waals surface area contributed by atoms with Crippen LogP contribution in [0.15, 0.2) is 0 Å². The minimum atomic E-state index is 0. The van der Waals surface area contributed by atoms with Gasteiger partial charge < -0.3 is 10.2 Å². The Morgan fingerprint density at radius 3 is 1.52 bits per heavy atom. The Balaban J connectivity index is 0.000000160. The van der Waals surface area contributed by atoms with E-state index in [2.05, 4.69) is 27.7 Å². The molecular formula is C21H40O2. The van der Waals surface area contributed by atoms with Gasteiger partial charge in [-0.15, -0.1) is 0 Å². The molecule has 0 saturated heterocycles. The number of aliphatic hydroxyl groups is 2. The van der Waals surface area contributed by atoms with Gasteiger partial charge in [-0.1, -0.05) is 48.0 Å². The third-order valence-electron chi connectivity index (χ3n) is 7.69. The number of hydrogen-bond acceptors (Lipinski definition) is 2. The molecule has 4 atom stereocenters. The summed E-state index contributed by atoms with van der Waals surface area (Å²) in [7, 11) is 0. The van der Waals surface area contributed by atoms with Crippen LogP contribution in [0, 0.1) is 34.5 Å². The minimum Gasteiger partial charge on any atom is -0.393 e. The van der Waals surface area contributed by atoms with Gasteiger partial charge in [0.05, 0.1) is 12.2 Å². The topological polar surface area (TPSA) is 40.5 Å². The maximum Gasteiger partial charge on any atom is 0.0627 e. The van der Waals surface area contributed by atoms with Crippen molar-refractivity contribution in [2.24, 2.45) is 34.5 Å². The summed E-state index contributed by atoms with van der Waals surface area (Å²) >= 11 is 0. The summed E-state index contributed by atoms with van der Waals surface area (Å²) < 4.78 is 0. The van der Waals surface area contributed by atoms with Crippen LogP contribution in [0.5, 0.6) is 0 Å². The predicted octanol–water partition coefficient (Wildman–Crippen LogP) is 5.02. The molecule has 4 unspecified atom stereocenters. The summed E-state index contributed by atoms with van der Waals surface area (Å²) in [6.45, 7) is 8.93. The highest BCUT2D eigenvalue weighted by Crippen LogP contribution is 2.62. The molecule has 4 aliphatic carbocycles. The molecule has 2 N–H and O–H groups in total. The van der Waals surface area contributed by atoms with Crippen LogP contribution in [0.25, 0.3) is 0 Å². The Kier molecular flexibility index (Phi) is 5.58. The molecule has 4 saturated carbocycles. The van der Waals surface area contributed by atoms with Crippen LogP contribution >= 0.6 is 0 Å². The van der Waals surface area contributed by atoms with Crippen LogP contribution in [-0.4, -0.2) is 22.4 Å². The lowest BCUT2D eigenvalue weighted by molar-refractivity contribution is -0.177. The zero-order chi connectivity index (χ0) is 16.1. The summed E-state index contributed by atoms with van der Waals surface area (Å²) in [4.78, 5) is 0. The van der Waals surface area contributed by atoms with Gasteiger partial charge in [0.1, 0.15) is 0 Å². The molecule has 0 amide bonds. The molecule has 2 heteroatoms. The molecule has 0 aromatic rings. The normalized spacial score (nSPS) is 38.6. The van der Waals surface area contributed by atoms with Gasteiger partial charge in [-0.3, -0.25) is 0 Å². The van der Waals surface area contributed by atoms with Gasteiger partial charge in [0.15, 0.2) is 0 Å². The second-order valence-electron chi connectivity index (χ2n) is 9.53. The standard InChI is InChI=1S/2C10H18O.CH4/c1-7(2)9-8(11)6-10(9)4-3-5-10;1-7(2)8-6-10(9(8)11)4-3-5-10;/h2*7-9,11H,3-6H2,1-2H3;1H4. The fourth-order valence-corrected chi connectivity index (χ4v) is 5.97. The van der Waals surface area contributed by atoms with E-state index in [1.165, 1.54) is 44.9 Å². The monoisotopic (exact) mass is 324 g/mol. The zero-order valence-corrected chi connectivity index (χ0v) is 15.0. The molecule has 23 heavy (non-hydrogen) atoms. The molecule has 0 aliphatic heterocycles. The van der Waals surface area contributed by atoms with Gasteiger partial charge in [0.2, 0.25) is 0 Å². The smallest absolute Gasteiger partial charge is 0.0627 e. The Bertz CT molecular complexity index is 388. The molecule has 136 valence electrons. The summed E-state index contributed by atoms with van der Waals surface area (Å²) in [6, 6.07) is 0. The van der Waals surface area contributed by atoms with Crippen LogP contribution in [0.3, 0.4) is 0 Å². The second kappa shape index (κ2) is 6.67. The van der Waals surface area contributed by atoms with Crippen LogP contribution < -0.4 is 0 Å². The Morgan fingerprint density at radius 1 is 0.783 bits per heavy atom. The van der Waals surface area contributed by atoms with Gasteiger partial charge >= 0.3 is 0 Å². The fraction of sp³-hybridized carbons (Fsp3) is 1.00. The summed E-state index contributed by atoms with van der Waals surface area (Å²) in [5.74, 6) is 2.59. The van der Waals surface area contributed by atoms with E-state index in [9.17, 15) is 10.2 Å². The summed E-state index contributed by atoms with van der Waals surface area (Å²) in [6.07, 6.45) is 10.5. The third kappa shape index (κ3) is 2.99. The van der Waals surface area contributed by atoms with Gasteiger partial charge in [-0.2, -0.15) is 0 Å².